The summed E-state index contributed by atoms with van der Waals surface area (Å²) in [5.41, 5.74) is 5.84. The van der Waals surface area contributed by atoms with Crippen LogP contribution in [0.1, 0.15) is 37.4 Å². The van der Waals surface area contributed by atoms with Crippen molar-refractivity contribution < 1.29 is 9.59 Å². The molecule has 0 aliphatic rings. The fourth-order valence-corrected chi connectivity index (χ4v) is 3.58. The lowest BCUT2D eigenvalue weighted by atomic mass is 10.0. The van der Waals surface area contributed by atoms with Crippen molar-refractivity contribution in [1.82, 2.24) is 20.4 Å². The van der Waals surface area contributed by atoms with Gasteiger partial charge >= 0.3 is 0 Å². The maximum absolute atomic E-state index is 13.0. The van der Waals surface area contributed by atoms with Crippen molar-refractivity contribution in [2.24, 2.45) is 0 Å². The zero-order chi connectivity index (χ0) is 23.2. The average molecular weight is 439 g/mol. The van der Waals surface area contributed by atoms with Crippen molar-refractivity contribution in [3.8, 4) is 11.3 Å². The molecule has 0 spiro atoms. The van der Waals surface area contributed by atoms with Crippen molar-refractivity contribution in [3.63, 3.8) is 0 Å². The number of aromatic amines is 1. The predicted octanol–water partition coefficient (Wildman–Crippen LogP) is 4.59. The van der Waals surface area contributed by atoms with Crippen LogP contribution in [0.2, 0.25) is 0 Å². The third kappa shape index (κ3) is 5.36. The molecule has 4 rings (SSSR count). The molecule has 0 bridgehead atoms. The number of carbonyl (C=O) groups is 2. The highest BCUT2D eigenvalue weighted by Gasteiger charge is 2.19. The van der Waals surface area contributed by atoms with Crippen LogP contribution in [0, 0.1) is 6.92 Å². The number of H-pyrrole nitrogens is 1. The summed E-state index contributed by atoms with van der Waals surface area (Å²) >= 11 is 0. The van der Waals surface area contributed by atoms with E-state index >= 15 is 0 Å². The Kier molecular flexibility index (Phi) is 6.64. The van der Waals surface area contributed by atoms with E-state index in [1.807, 2.05) is 85.8 Å². The Labute approximate surface area is 193 Å². The third-order valence-corrected chi connectivity index (χ3v) is 5.49. The minimum atomic E-state index is -0.109. The van der Waals surface area contributed by atoms with E-state index in [4.69, 9.17) is 0 Å². The minimum Gasteiger partial charge on any atom is -0.348 e. The topological polar surface area (TPSA) is 78.1 Å². The number of amides is 2. The summed E-state index contributed by atoms with van der Waals surface area (Å²) in [6.45, 7) is 2.93. The van der Waals surface area contributed by atoms with Gasteiger partial charge in [0.25, 0.3) is 11.8 Å². The first kappa shape index (κ1) is 22.0. The molecule has 2 N–H and O–H groups in total. The van der Waals surface area contributed by atoms with E-state index in [1.165, 1.54) is 0 Å². The van der Waals surface area contributed by atoms with Gasteiger partial charge in [-0.1, -0.05) is 72.3 Å². The van der Waals surface area contributed by atoms with E-state index in [9.17, 15) is 9.59 Å². The van der Waals surface area contributed by atoms with Crippen LogP contribution in [0.5, 0.6) is 0 Å². The molecule has 6 nitrogen and oxygen atoms in total. The van der Waals surface area contributed by atoms with Crippen molar-refractivity contribution >= 4 is 11.8 Å². The molecule has 166 valence electrons. The van der Waals surface area contributed by atoms with E-state index in [0.717, 1.165) is 22.3 Å². The summed E-state index contributed by atoms with van der Waals surface area (Å²) in [6.07, 6.45) is 1.56. The molecule has 0 atom stereocenters. The van der Waals surface area contributed by atoms with Gasteiger partial charge in [-0.3, -0.25) is 14.7 Å². The monoisotopic (exact) mass is 438 g/mol. The number of benzene rings is 3. The van der Waals surface area contributed by atoms with Crippen LogP contribution in [-0.4, -0.2) is 34.0 Å². The summed E-state index contributed by atoms with van der Waals surface area (Å²) in [4.78, 5) is 27.0. The van der Waals surface area contributed by atoms with Gasteiger partial charge in [0.15, 0.2) is 0 Å². The molecule has 0 radical (unpaired) electrons. The number of aromatic nitrogens is 2. The number of carbonyl (C=O) groups excluding carboxylic acids is 2. The van der Waals surface area contributed by atoms with E-state index in [0.29, 0.717) is 29.9 Å². The lowest BCUT2D eigenvalue weighted by Gasteiger charge is -2.17. The van der Waals surface area contributed by atoms with Crippen LogP contribution in [0.3, 0.4) is 0 Å². The molecule has 0 fully saturated rings. The Balaban J connectivity index is 1.41. The highest BCUT2D eigenvalue weighted by molar-refractivity contribution is 5.99. The molecule has 0 unspecified atom stereocenters. The van der Waals surface area contributed by atoms with Gasteiger partial charge in [0.2, 0.25) is 0 Å². The molecule has 4 aromatic rings. The molecule has 1 heterocycles. The molecule has 0 aliphatic heterocycles. The second-order valence-electron chi connectivity index (χ2n) is 8.05. The zero-order valence-corrected chi connectivity index (χ0v) is 18.7. The molecule has 0 saturated heterocycles. The molecule has 0 saturated carbocycles. The highest BCUT2D eigenvalue weighted by atomic mass is 16.2. The second-order valence-corrected chi connectivity index (χ2v) is 8.05. The fourth-order valence-electron chi connectivity index (χ4n) is 3.58. The van der Waals surface area contributed by atoms with Crippen molar-refractivity contribution in [1.29, 1.82) is 0 Å². The summed E-state index contributed by atoms with van der Waals surface area (Å²) in [5.74, 6) is -0.209. The first-order chi connectivity index (χ1) is 16.0. The largest absolute Gasteiger partial charge is 0.348 e. The normalized spacial score (nSPS) is 10.6. The minimum absolute atomic E-state index is 0.1000. The lowest BCUT2D eigenvalue weighted by molar-refractivity contribution is 0.0785. The van der Waals surface area contributed by atoms with Crippen LogP contribution >= 0.6 is 0 Å². The Morgan fingerprint density at radius 1 is 0.909 bits per heavy atom. The number of nitrogens with zero attached hydrogens (tertiary/aromatic N) is 2. The SMILES string of the molecule is Cc1ccc(C(=O)NCc2ccc(-c3[nH]ncc3C(=O)N(C)Cc3ccccc3)cc2)cc1. The number of nitrogens with one attached hydrogen (secondary N) is 2. The lowest BCUT2D eigenvalue weighted by Crippen LogP contribution is -2.26. The standard InChI is InChI=1S/C27H26N4O2/c1-19-8-12-23(13-9-19)26(32)28-16-20-10-14-22(15-11-20)25-24(17-29-30-25)27(33)31(2)18-21-6-4-3-5-7-21/h3-15,17H,16,18H2,1-2H3,(H,28,32)(H,29,30). The van der Waals surface area contributed by atoms with Gasteiger partial charge in [0.1, 0.15) is 0 Å². The first-order valence-electron chi connectivity index (χ1n) is 10.8. The summed E-state index contributed by atoms with van der Waals surface area (Å²) < 4.78 is 0. The first-order valence-corrected chi connectivity index (χ1v) is 10.8. The van der Waals surface area contributed by atoms with Crippen LogP contribution in [0.15, 0.2) is 85.1 Å². The number of hydrogen-bond donors (Lipinski definition) is 2. The van der Waals surface area contributed by atoms with E-state index in [1.54, 1.807) is 18.1 Å². The van der Waals surface area contributed by atoms with Crippen molar-refractivity contribution in [2.45, 2.75) is 20.0 Å². The smallest absolute Gasteiger partial charge is 0.257 e. The van der Waals surface area contributed by atoms with E-state index < -0.39 is 0 Å². The molecule has 6 heteroatoms. The van der Waals surface area contributed by atoms with Gasteiger partial charge in [-0.05, 0) is 30.2 Å². The van der Waals surface area contributed by atoms with Gasteiger partial charge in [0, 0.05) is 31.3 Å². The molecule has 2 amide bonds. The summed E-state index contributed by atoms with van der Waals surface area (Å²) in [7, 11) is 1.78. The zero-order valence-electron chi connectivity index (χ0n) is 18.7. The maximum atomic E-state index is 13.0. The molecule has 0 aliphatic carbocycles. The van der Waals surface area contributed by atoms with Gasteiger partial charge in [-0.2, -0.15) is 5.10 Å². The summed E-state index contributed by atoms with van der Waals surface area (Å²) in [5, 5.41) is 9.99. The van der Waals surface area contributed by atoms with Gasteiger partial charge in [-0.25, -0.2) is 0 Å². The quantitative estimate of drug-likeness (QED) is 0.443. The van der Waals surface area contributed by atoms with Crippen LogP contribution in [0.4, 0.5) is 0 Å². The Hall–Kier alpha value is -4.19. The van der Waals surface area contributed by atoms with Crippen molar-refractivity contribution in [2.75, 3.05) is 7.05 Å². The maximum Gasteiger partial charge on any atom is 0.257 e. The number of rotatable bonds is 7. The average Bonchev–Trinajstić information content (AvgIpc) is 3.33. The Bertz CT molecular complexity index is 1230. The highest BCUT2D eigenvalue weighted by Crippen LogP contribution is 2.23. The second kappa shape index (κ2) is 9.96. The van der Waals surface area contributed by atoms with Crippen molar-refractivity contribution in [3.05, 3.63) is 113 Å². The molecule has 33 heavy (non-hydrogen) atoms. The third-order valence-electron chi connectivity index (χ3n) is 5.49. The molecular weight excluding hydrogens is 412 g/mol. The fraction of sp³-hybridized carbons (Fsp3) is 0.148. The van der Waals surface area contributed by atoms with Gasteiger partial charge < -0.3 is 10.2 Å². The molecule has 3 aromatic carbocycles. The number of aryl methyl sites for hydroxylation is 1. The van der Waals surface area contributed by atoms with Crippen LogP contribution < -0.4 is 5.32 Å². The van der Waals surface area contributed by atoms with Gasteiger partial charge in [-0.15, -0.1) is 0 Å². The summed E-state index contributed by atoms with van der Waals surface area (Å²) in [6, 6.07) is 25.1. The Morgan fingerprint density at radius 2 is 1.61 bits per heavy atom. The van der Waals surface area contributed by atoms with E-state index in [-0.39, 0.29) is 11.8 Å². The molecular formula is C27H26N4O2. The van der Waals surface area contributed by atoms with Crippen LogP contribution in [-0.2, 0) is 13.1 Å². The predicted molar refractivity (Wildman–Crippen MR) is 129 cm³/mol. The number of hydrogen-bond acceptors (Lipinski definition) is 3. The van der Waals surface area contributed by atoms with Gasteiger partial charge in [0.05, 0.1) is 17.5 Å². The Morgan fingerprint density at radius 3 is 2.30 bits per heavy atom. The van der Waals surface area contributed by atoms with Crippen LogP contribution in [0.25, 0.3) is 11.3 Å². The molecule has 1 aromatic heterocycles. The van der Waals surface area contributed by atoms with E-state index in [2.05, 4.69) is 15.5 Å².